The van der Waals surface area contributed by atoms with E-state index in [0.29, 0.717) is 22.7 Å². The van der Waals surface area contributed by atoms with Crippen LogP contribution in [0.5, 0.6) is 5.75 Å². The number of methoxy groups -OCH3 is 1. The largest absolute Gasteiger partial charge is 0.495 e. The third kappa shape index (κ3) is 4.37. The zero-order valence-electron chi connectivity index (χ0n) is 15.6. The van der Waals surface area contributed by atoms with Gasteiger partial charge in [-0.2, -0.15) is 4.99 Å². The van der Waals surface area contributed by atoms with E-state index in [0.717, 1.165) is 6.26 Å². The summed E-state index contributed by atoms with van der Waals surface area (Å²) < 4.78 is 30.2. The van der Waals surface area contributed by atoms with Crippen LogP contribution in [-0.4, -0.2) is 40.7 Å². The summed E-state index contributed by atoms with van der Waals surface area (Å²) in [5.74, 6) is -0.517. The van der Waals surface area contributed by atoms with Gasteiger partial charge in [-0.15, -0.1) is 0 Å². The van der Waals surface area contributed by atoms with Crippen LogP contribution in [0.4, 0.5) is 11.4 Å². The standard InChI is InChI=1S/C18H22N4O4S/c1-11-9-14(22(2)13-7-5-6-8-15(13)26-3)16(27(4,24)25)10-12(11)17(23)21-18(19)20/h5-10H,1-4H3,(H4,19,20,21,23). The van der Waals surface area contributed by atoms with Crippen molar-refractivity contribution in [3.8, 4) is 5.75 Å². The van der Waals surface area contributed by atoms with Gasteiger partial charge in [-0.1, -0.05) is 12.1 Å². The number of rotatable bonds is 5. The molecule has 9 heteroatoms. The topological polar surface area (TPSA) is 128 Å². The molecule has 0 atom stereocenters. The number of hydrogen-bond acceptors (Lipinski definition) is 5. The van der Waals surface area contributed by atoms with Gasteiger partial charge in [-0.05, 0) is 36.8 Å². The Morgan fingerprint density at radius 2 is 1.78 bits per heavy atom. The van der Waals surface area contributed by atoms with Gasteiger partial charge < -0.3 is 21.1 Å². The molecule has 0 saturated heterocycles. The van der Waals surface area contributed by atoms with Gasteiger partial charge in [0, 0.05) is 18.9 Å². The number of carbonyl (C=O) groups is 1. The van der Waals surface area contributed by atoms with Crippen molar-refractivity contribution in [3.63, 3.8) is 0 Å². The van der Waals surface area contributed by atoms with Crippen molar-refractivity contribution in [2.24, 2.45) is 16.5 Å². The van der Waals surface area contributed by atoms with Crippen LogP contribution in [0.15, 0.2) is 46.3 Å². The van der Waals surface area contributed by atoms with Crippen LogP contribution < -0.4 is 21.1 Å². The number of amides is 1. The van der Waals surface area contributed by atoms with Crippen LogP contribution in [0.2, 0.25) is 0 Å². The average Bonchev–Trinajstić information content (AvgIpc) is 2.59. The SMILES string of the molecule is COc1ccccc1N(C)c1cc(C)c(C(=O)N=C(N)N)cc1S(C)(=O)=O. The van der Waals surface area contributed by atoms with E-state index < -0.39 is 21.7 Å². The Balaban J connectivity index is 2.72. The number of carbonyl (C=O) groups excluding carboxylic acids is 1. The molecule has 0 fully saturated rings. The minimum absolute atomic E-state index is 0.0179. The molecule has 27 heavy (non-hydrogen) atoms. The predicted molar refractivity (Wildman–Crippen MR) is 105 cm³/mol. The number of benzene rings is 2. The molecule has 2 aromatic rings. The van der Waals surface area contributed by atoms with E-state index in [1.165, 1.54) is 13.2 Å². The Bertz CT molecular complexity index is 1010. The number of nitrogens with zero attached hydrogens (tertiary/aromatic N) is 2. The molecule has 0 bridgehead atoms. The van der Waals surface area contributed by atoms with Crippen LogP contribution in [0.3, 0.4) is 0 Å². The number of guanidine groups is 1. The molecule has 0 aromatic heterocycles. The molecule has 4 N–H and O–H groups in total. The summed E-state index contributed by atoms with van der Waals surface area (Å²) in [5, 5.41) is 0. The fourth-order valence-corrected chi connectivity index (χ4v) is 3.58. The van der Waals surface area contributed by atoms with Gasteiger partial charge in [-0.3, -0.25) is 4.79 Å². The van der Waals surface area contributed by atoms with Gasteiger partial charge in [0.2, 0.25) is 0 Å². The van der Waals surface area contributed by atoms with E-state index >= 15 is 0 Å². The number of hydrogen-bond donors (Lipinski definition) is 2. The lowest BCUT2D eigenvalue weighted by Gasteiger charge is -2.25. The third-order valence-corrected chi connectivity index (χ3v) is 5.10. The predicted octanol–water partition coefficient (Wildman–Crippen LogP) is 1.59. The Morgan fingerprint density at radius 1 is 1.15 bits per heavy atom. The number of ether oxygens (including phenoxy) is 1. The number of para-hydroxylation sites is 2. The lowest BCUT2D eigenvalue weighted by Crippen LogP contribution is -2.24. The minimum atomic E-state index is -3.65. The third-order valence-electron chi connectivity index (χ3n) is 3.97. The number of aliphatic imine (C=N–C) groups is 1. The molecule has 1 amide bonds. The van der Waals surface area contributed by atoms with Crippen molar-refractivity contribution in [1.82, 2.24) is 0 Å². The smallest absolute Gasteiger partial charge is 0.280 e. The van der Waals surface area contributed by atoms with Gasteiger partial charge in [0.05, 0.1) is 23.4 Å². The number of aryl methyl sites for hydroxylation is 1. The van der Waals surface area contributed by atoms with Crippen molar-refractivity contribution >= 4 is 33.1 Å². The van der Waals surface area contributed by atoms with Gasteiger partial charge in [0.25, 0.3) is 5.91 Å². The van der Waals surface area contributed by atoms with Crippen LogP contribution in [0, 0.1) is 6.92 Å². The zero-order valence-corrected chi connectivity index (χ0v) is 16.4. The monoisotopic (exact) mass is 390 g/mol. The molecule has 0 aliphatic rings. The maximum atomic E-state index is 12.4. The summed E-state index contributed by atoms with van der Waals surface area (Å²) in [6.45, 7) is 1.68. The summed E-state index contributed by atoms with van der Waals surface area (Å²) in [7, 11) is -0.398. The van der Waals surface area contributed by atoms with Gasteiger partial charge in [0.1, 0.15) is 5.75 Å². The Kier molecular flexibility index (Phi) is 5.75. The molecular weight excluding hydrogens is 368 g/mol. The quantitative estimate of drug-likeness (QED) is 0.586. The molecule has 0 radical (unpaired) electrons. The molecular formula is C18H22N4O4S. The highest BCUT2D eigenvalue weighted by Crippen LogP contribution is 2.37. The first-order valence-corrected chi connectivity index (χ1v) is 9.80. The van der Waals surface area contributed by atoms with E-state index in [-0.39, 0.29) is 10.5 Å². The molecule has 0 heterocycles. The van der Waals surface area contributed by atoms with Gasteiger partial charge in [-0.25, -0.2) is 8.42 Å². The normalized spacial score (nSPS) is 11.0. The second kappa shape index (κ2) is 7.67. The molecule has 2 aromatic carbocycles. The second-order valence-electron chi connectivity index (χ2n) is 5.98. The fraction of sp³-hybridized carbons (Fsp3) is 0.222. The fourth-order valence-electron chi connectivity index (χ4n) is 2.68. The summed E-state index contributed by atoms with van der Waals surface area (Å²) in [5.41, 5.74) is 12.2. The first-order valence-electron chi connectivity index (χ1n) is 7.91. The molecule has 0 saturated carbocycles. The first-order chi connectivity index (χ1) is 12.6. The Hall–Kier alpha value is -3.07. The van der Waals surface area contributed by atoms with E-state index in [9.17, 15) is 13.2 Å². The van der Waals surface area contributed by atoms with E-state index in [4.69, 9.17) is 16.2 Å². The Morgan fingerprint density at radius 3 is 2.33 bits per heavy atom. The Labute approximate surface area is 158 Å². The molecule has 144 valence electrons. The number of nitrogens with two attached hydrogens (primary N) is 2. The summed E-state index contributed by atoms with van der Waals surface area (Å²) >= 11 is 0. The van der Waals surface area contributed by atoms with Gasteiger partial charge in [0.15, 0.2) is 15.8 Å². The van der Waals surface area contributed by atoms with Gasteiger partial charge >= 0.3 is 0 Å². The molecule has 2 rings (SSSR count). The van der Waals surface area contributed by atoms with Crippen LogP contribution in [0.25, 0.3) is 0 Å². The second-order valence-corrected chi connectivity index (χ2v) is 7.96. The minimum Gasteiger partial charge on any atom is -0.495 e. The van der Waals surface area contributed by atoms with E-state index in [1.807, 2.05) is 12.1 Å². The maximum Gasteiger partial charge on any atom is 0.280 e. The van der Waals surface area contributed by atoms with Crippen LogP contribution in [-0.2, 0) is 9.84 Å². The molecule has 0 aliphatic carbocycles. The highest BCUT2D eigenvalue weighted by atomic mass is 32.2. The molecule has 8 nitrogen and oxygen atoms in total. The van der Waals surface area contributed by atoms with Crippen LogP contribution in [0.1, 0.15) is 15.9 Å². The highest BCUT2D eigenvalue weighted by molar-refractivity contribution is 7.90. The lowest BCUT2D eigenvalue weighted by molar-refractivity contribution is 0.100. The summed E-state index contributed by atoms with van der Waals surface area (Å²) in [6.07, 6.45) is 1.08. The van der Waals surface area contributed by atoms with E-state index in [1.54, 1.807) is 37.1 Å². The van der Waals surface area contributed by atoms with Crippen molar-refractivity contribution in [3.05, 3.63) is 47.5 Å². The van der Waals surface area contributed by atoms with Crippen molar-refractivity contribution in [2.75, 3.05) is 25.3 Å². The van der Waals surface area contributed by atoms with Crippen LogP contribution >= 0.6 is 0 Å². The first kappa shape index (κ1) is 20.2. The summed E-state index contributed by atoms with van der Waals surface area (Å²) in [4.78, 5) is 17.4. The highest BCUT2D eigenvalue weighted by Gasteiger charge is 2.23. The molecule has 0 unspecified atom stereocenters. The van der Waals surface area contributed by atoms with Crippen molar-refractivity contribution in [2.45, 2.75) is 11.8 Å². The average molecular weight is 390 g/mol. The van der Waals surface area contributed by atoms with Crippen molar-refractivity contribution in [1.29, 1.82) is 0 Å². The summed E-state index contributed by atoms with van der Waals surface area (Å²) in [6, 6.07) is 10.1. The number of anilines is 2. The maximum absolute atomic E-state index is 12.4. The molecule has 0 spiro atoms. The molecule has 0 aliphatic heterocycles. The lowest BCUT2D eigenvalue weighted by atomic mass is 10.1. The van der Waals surface area contributed by atoms with Crippen molar-refractivity contribution < 1.29 is 17.9 Å². The zero-order chi connectivity index (χ0) is 20.4. The number of sulfone groups is 1. The van der Waals surface area contributed by atoms with E-state index in [2.05, 4.69) is 4.99 Å².